The molecule has 22 heavy (non-hydrogen) atoms. The van der Waals surface area contributed by atoms with Crippen LogP contribution in [-0.2, 0) is 0 Å². The average Bonchev–Trinajstić information content (AvgIpc) is 2.52. The second kappa shape index (κ2) is 6.43. The topological polar surface area (TPSA) is 26.0 Å². The van der Waals surface area contributed by atoms with Crippen LogP contribution in [0.5, 0.6) is 0 Å². The number of rotatable bonds is 2. The predicted molar refractivity (Wildman–Crippen MR) is 103 cm³/mol. The third kappa shape index (κ3) is 3.06. The molecular weight excluding hydrogens is 402 g/mol. The number of allylic oxidation sites excluding steroid dienone is 4. The van der Waals surface area contributed by atoms with Gasteiger partial charge in [-0.3, -0.25) is 0 Å². The van der Waals surface area contributed by atoms with Gasteiger partial charge in [0.25, 0.3) is 0 Å². The van der Waals surface area contributed by atoms with E-state index in [-0.39, 0.29) is 0 Å². The van der Waals surface area contributed by atoms with Gasteiger partial charge in [0.2, 0.25) is 0 Å². The Labute approximate surface area is 148 Å². The van der Waals surface area contributed by atoms with Crippen LogP contribution in [0.1, 0.15) is 18.9 Å². The molecule has 2 N–H and O–H groups in total. The van der Waals surface area contributed by atoms with Crippen LogP contribution < -0.4 is 5.73 Å². The number of hydrogen-bond donors (Lipinski definition) is 1. The number of halogens is 2. The summed E-state index contributed by atoms with van der Waals surface area (Å²) in [5.41, 5.74) is 12.0. The molecule has 2 aromatic rings. The fraction of sp³-hybridized carbons (Fsp3) is 0.158. The number of anilines is 1. The molecule has 0 fully saturated rings. The first-order chi connectivity index (χ1) is 10.6. The highest BCUT2D eigenvalue weighted by atomic mass is 79.9. The van der Waals surface area contributed by atoms with Gasteiger partial charge in [0.05, 0.1) is 0 Å². The maximum atomic E-state index is 6.53. The summed E-state index contributed by atoms with van der Waals surface area (Å²) in [6.07, 6.45) is 5.42. The van der Waals surface area contributed by atoms with Crippen LogP contribution in [0.2, 0.25) is 0 Å². The zero-order valence-electron chi connectivity index (χ0n) is 12.3. The summed E-state index contributed by atoms with van der Waals surface area (Å²) in [6.45, 7) is 2.24. The van der Waals surface area contributed by atoms with E-state index in [0.29, 0.717) is 5.92 Å². The Morgan fingerprint density at radius 2 is 1.73 bits per heavy atom. The molecule has 112 valence electrons. The van der Waals surface area contributed by atoms with Crippen molar-refractivity contribution in [3.63, 3.8) is 0 Å². The van der Waals surface area contributed by atoms with Gasteiger partial charge in [-0.2, -0.15) is 0 Å². The Hall–Kier alpha value is -1.32. The minimum atomic E-state index is 0.460. The van der Waals surface area contributed by atoms with Gasteiger partial charge in [0, 0.05) is 25.8 Å². The Morgan fingerprint density at radius 3 is 2.45 bits per heavy atom. The van der Waals surface area contributed by atoms with Gasteiger partial charge in [-0.05, 0) is 41.7 Å². The molecule has 1 aliphatic rings. The van der Waals surface area contributed by atoms with E-state index in [2.05, 4.69) is 75.2 Å². The van der Waals surface area contributed by atoms with Crippen molar-refractivity contribution in [2.24, 2.45) is 5.92 Å². The van der Waals surface area contributed by atoms with Gasteiger partial charge in [-0.1, -0.05) is 75.2 Å². The van der Waals surface area contributed by atoms with Crippen LogP contribution in [0.3, 0.4) is 0 Å². The van der Waals surface area contributed by atoms with E-state index in [1.165, 1.54) is 5.57 Å². The standard InChI is InChI=1S/C19H17Br2N/c1-12-7-8-14(20)9-16(12)18-11-15(21)10-17(19(18)22)13-5-3-2-4-6-13/h2-6,8-12H,7,22H2,1H3. The molecule has 0 heterocycles. The first-order valence-corrected chi connectivity index (χ1v) is 8.87. The van der Waals surface area contributed by atoms with E-state index < -0.39 is 0 Å². The molecule has 0 amide bonds. The number of hydrogen-bond acceptors (Lipinski definition) is 1. The maximum absolute atomic E-state index is 6.53. The first kappa shape index (κ1) is 15.6. The van der Waals surface area contributed by atoms with Crippen molar-refractivity contribution >= 4 is 43.1 Å². The van der Waals surface area contributed by atoms with Crippen molar-refractivity contribution < 1.29 is 0 Å². The van der Waals surface area contributed by atoms with Gasteiger partial charge < -0.3 is 5.73 Å². The lowest BCUT2D eigenvalue weighted by Gasteiger charge is -2.22. The molecule has 0 saturated carbocycles. The lowest BCUT2D eigenvalue weighted by molar-refractivity contribution is 0.758. The minimum Gasteiger partial charge on any atom is -0.398 e. The van der Waals surface area contributed by atoms with Gasteiger partial charge in [-0.25, -0.2) is 0 Å². The summed E-state index contributed by atoms with van der Waals surface area (Å²) in [4.78, 5) is 0. The molecule has 0 bridgehead atoms. The highest BCUT2D eigenvalue weighted by Crippen LogP contribution is 2.41. The molecule has 0 saturated heterocycles. The van der Waals surface area contributed by atoms with Crippen molar-refractivity contribution in [2.75, 3.05) is 5.73 Å². The predicted octanol–water partition coefficient (Wildman–Crippen LogP) is 6.40. The second-order valence-electron chi connectivity index (χ2n) is 5.61. The summed E-state index contributed by atoms with van der Waals surface area (Å²) in [5, 5.41) is 0. The van der Waals surface area contributed by atoms with Crippen LogP contribution in [0, 0.1) is 5.92 Å². The van der Waals surface area contributed by atoms with Crippen LogP contribution in [0.4, 0.5) is 5.69 Å². The molecular formula is C19H17Br2N. The maximum Gasteiger partial charge on any atom is 0.0471 e. The van der Waals surface area contributed by atoms with Crippen LogP contribution >= 0.6 is 31.9 Å². The van der Waals surface area contributed by atoms with Crippen LogP contribution in [-0.4, -0.2) is 0 Å². The molecule has 1 unspecified atom stereocenters. The monoisotopic (exact) mass is 417 g/mol. The highest BCUT2D eigenvalue weighted by Gasteiger charge is 2.19. The van der Waals surface area contributed by atoms with E-state index in [4.69, 9.17) is 5.73 Å². The second-order valence-corrected chi connectivity index (χ2v) is 7.44. The van der Waals surface area contributed by atoms with Gasteiger partial charge in [-0.15, -0.1) is 0 Å². The van der Waals surface area contributed by atoms with E-state index in [1.807, 2.05) is 18.2 Å². The SMILES string of the molecule is CC1CC=C(Br)C=C1c1cc(Br)cc(-c2ccccc2)c1N. The highest BCUT2D eigenvalue weighted by molar-refractivity contribution is 9.12. The van der Waals surface area contributed by atoms with Crippen molar-refractivity contribution in [3.05, 3.63) is 69.1 Å². The van der Waals surface area contributed by atoms with E-state index >= 15 is 0 Å². The van der Waals surface area contributed by atoms with E-state index in [0.717, 1.165) is 37.8 Å². The fourth-order valence-corrected chi connectivity index (χ4v) is 3.71. The molecule has 2 aromatic carbocycles. The molecule has 0 aliphatic heterocycles. The third-order valence-corrected chi connectivity index (χ3v) is 5.04. The number of nitrogens with two attached hydrogens (primary N) is 1. The van der Waals surface area contributed by atoms with E-state index in [1.54, 1.807) is 0 Å². The quantitative estimate of drug-likeness (QED) is 0.561. The Kier molecular flexibility index (Phi) is 4.55. The Bertz CT molecular complexity index is 761. The summed E-state index contributed by atoms with van der Waals surface area (Å²) in [7, 11) is 0. The van der Waals surface area contributed by atoms with Crippen molar-refractivity contribution in [1.82, 2.24) is 0 Å². The molecule has 1 aliphatic carbocycles. The van der Waals surface area contributed by atoms with E-state index in [9.17, 15) is 0 Å². The number of benzene rings is 2. The summed E-state index contributed by atoms with van der Waals surface area (Å²) < 4.78 is 2.18. The fourth-order valence-electron chi connectivity index (χ4n) is 2.82. The third-order valence-electron chi connectivity index (χ3n) is 4.03. The Morgan fingerprint density at radius 1 is 1.05 bits per heavy atom. The lowest BCUT2D eigenvalue weighted by Crippen LogP contribution is -2.06. The first-order valence-electron chi connectivity index (χ1n) is 7.28. The Balaban J connectivity index is 2.18. The van der Waals surface area contributed by atoms with Crippen LogP contribution in [0.25, 0.3) is 16.7 Å². The molecule has 0 aromatic heterocycles. The van der Waals surface area contributed by atoms with Crippen molar-refractivity contribution in [2.45, 2.75) is 13.3 Å². The molecule has 1 atom stereocenters. The van der Waals surface area contributed by atoms with Crippen molar-refractivity contribution in [1.29, 1.82) is 0 Å². The number of nitrogen functional groups attached to an aromatic ring is 1. The van der Waals surface area contributed by atoms with Crippen molar-refractivity contribution in [3.8, 4) is 11.1 Å². The zero-order chi connectivity index (χ0) is 15.7. The van der Waals surface area contributed by atoms with Gasteiger partial charge in [0.15, 0.2) is 0 Å². The minimum absolute atomic E-state index is 0.460. The van der Waals surface area contributed by atoms with Gasteiger partial charge in [0.1, 0.15) is 0 Å². The largest absolute Gasteiger partial charge is 0.398 e. The zero-order valence-corrected chi connectivity index (χ0v) is 15.5. The van der Waals surface area contributed by atoms with Gasteiger partial charge >= 0.3 is 0 Å². The van der Waals surface area contributed by atoms with Crippen LogP contribution in [0.15, 0.2) is 63.6 Å². The molecule has 0 radical (unpaired) electrons. The molecule has 3 rings (SSSR count). The average molecular weight is 419 g/mol. The lowest BCUT2D eigenvalue weighted by atomic mass is 9.86. The molecule has 0 spiro atoms. The summed E-state index contributed by atoms with van der Waals surface area (Å²) in [6, 6.07) is 14.5. The molecule has 1 nitrogen and oxygen atoms in total. The summed E-state index contributed by atoms with van der Waals surface area (Å²) >= 11 is 7.23. The smallest absolute Gasteiger partial charge is 0.0471 e. The summed E-state index contributed by atoms with van der Waals surface area (Å²) in [5.74, 6) is 0.460. The normalized spacial score (nSPS) is 17.9. The molecule has 3 heteroatoms.